The minimum atomic E-state index is -0.0372. The number of nitrogens with zero attached hydrogens (tertiary/aromatic N) is 4. The summed E-state index contributed by atoms with van der Waals surface area (Å²) in [5.74, 6) is 2.28. The van der Waals surface area contributed by atoms with Crippen LogP contribution in [0.2, 0.25) is 0 Å². The van der Waals surface area contributed by atoms with Crippen molar-refractivity contribution in [2.45, 2.75) is 38.8 Å². The molecule has 1 aromatic heterocycles. The molecule has 0 saturated heterocycles. The third-order valence-electron chi connectivity index (χ3n) is 3.50. The van der Waals surface area contributed by atoms with Crippen molar-refractivity contribution in [2.75, 3.05) is 21.1 Å². The van der Waals surface area contributed by atoms with Crippen LogP contribution in [0.25, 0.3) is 0 Å². The molecule has 0 bridgehead atoms. The van der Waals surface area contributed by atoms with Crippen molar-refractivity contribution in [3.05, 3.63) is 24.2 Å². The summed E-state index contributed by atoms with van der Waals surface area (Å²) < 4.78 is 5.25. The molecule has 2 rings (SSSR count). The van der Waals surface area contributed by atoms with E-state index in [0.29, 0.717) is 0 Å². The van der Waals surface area contributed by atoms with Gasteiger partial charge in [-0.25, -0.2) is 9.98 Å². The van der Waals surface area contributed by atoms with Crippen molar-refractivity contribution in [1.82, 2.24) is 9.80 Å². The Bertz CT molecular complexity index is 490. The average molecular weight is 276 g/mol. The largest absolute Gasteiger partial charge is 0.472 e. The molecule has 0 spiro atoms. The third-order valence-corrected chi connectivity index (χ3v) is 3.50. The van der Waals surface area contributed by atoms with Gasteiger partial charge < -0.3 is 14.2 Å². The van der Waals surface area contributed by atoms with Crippen molar-refractivity contribution < 1.29 is 4.42 Å². The molecule has 2 heterocycles. The fourth-order valence-electron chi connectivity index (χ4n) is 2.61. The average Bonchev–Trinajstić information content (AvgIpc) is 2.92. The number of amidine groups is 1. The van der Waals surface area contributed by atoms with Gasteiger partial charge in [-0.05, 0) is 19.4 Å². The Balaban J connectivity index is 2.33. The van der Waals surface area contributed by atoms with Gasteiger partial charge in [-0.3, -0.25) is 0 Å². The highest BCUT2D eigenvalue weighted by Gasteiger charge is 2.28. The predicted molar refractivity (Wildman–Crippen MR) is 82.1 cm³/mol. The Hall–Kier alpha value is -1.78. The molecule has 1 aliphatic rings. The van der Waals surface area contributed by atoms with Gasteiger partial charge in [0.25, 0.3) is 0 Å². The summed E-state index contributed by atoms with van der Waals surface area (Å²) in [7, 11) is 6.06. The second kappa shape index (κ2) is 6.11. The molecule has 1 aliphatic heterocycles. The first-order valence-electron chi connectivity index (χ1n) is 7.13. The van der Waals surface area contributed by atoms with Crippen molar-refractivity contribution >= 4 is 11.8 Å². The standard InChI is InChI=1S/C15H24N4O/c1-6-7-13(12-8-9-20-10-12)14-16-11(2)17-15(18(3)4)19(14)5/h8-11,13H,6-7H2,1-5H3. The minimum absolute atomic E-state index is 0.0372. The van der Waals surface area contributed by atoms with Crippen LogP contribution < -0.4 is 0 Å². The Kier molecular flexibility index (Phi) is 4.47. The summed E-state index contributed by atoms with van der Waals surface area (Å²) in [6.07, 6.45) is 5.67. The summed E-state index contributed by atoms with van der Waals surface area (Å²) in [6, 6.07) is 2.03. The molecule has 110 valence electrons. The van der Waals surface area contributed by atoms with Gasteiger partial charge in [-0.1, -0.05) is 13.3 Å². The zero-order valence-electron chi connectivity index (χ0n) is 13.0. The van der Waals surface area contributed by atoms with Gasteiger partial charge in [0.05, 0.1) is 12.5 Å². The molecular formula is C15H24N4O. The molecule has 0 aliphatic carbocycles. The normalized spacial score (nSPS) is 20.4. The van der Waals surface area contributed by atoms with Crippen LogP contribution in [-0.4, -0.2) is 48.9 Å². The molecular weight excluding hydrogens is 252 g/mol. The SMILES string of the molecule is CCCC(C1=NC(C)N=C(N(C)C)N1C)c1ccoc1. The highest BCUT2D eigenvalue weighted by molar-refractivity contribution is 6.03. The lowest BCUT2D eigenvalue weighted by Crippen LogP contribution is -2.47. The molecule has 0 fully saturated rings. The van der Waals surface area contributed by atoms with Crippen LogP contribution in [0.3, 0.4) is 0 Å². The van der Waals surface area contributed by atoms with Crippen molar-refractivity contribution in [3.8, 4) is 0 Å². The zero-order valence-corrected chi connectivity index (χ0v) is 13.0. The van der Waals surface area contributed by atoms with Gasteiger partial charge in [-0.15, -0.1) is 0 Å². The van der Waals surface area contributed by atoms with Gasteiger partial charge in [0.1, 0.15) is 12.0 Å². The number of hydrogen-bond acceptors (Lipinski definition) is 5. The smallest absolute Gasteiger partial charge is 0.203 e. The minimum Gasteiger partial charge on any atom is -0.472 e. The van der Waals surface area contributed by atoms with Crippen LogP contribution in [-0.2, 0) is 0 Å². The molecule has 2 atom stereocenters. The van der Waals surface area contributed by atoms with Crippen molar-refractivity contribution in [3.63, 3.8) is 0 Å². The second-order valence-electron chi connectivity index (χ2n) is 5.40. The maximum absolute atomic E-state index is 5.25. The summed E-state index contributed by atoms with van der Waals surface area (Å²) in [5.41, 5.74) is 1.18. The van der Waals surface area contributed by atoms with Gasteiger partial charge in [0.2, 0.25) is 5.96 Å². The highest BCUT2D eigenvalue weighted by Crippen LogP contribution is 2.27. The fourth-order valence-corrected chi connectivity index (χ4v) is 2.61. The van der Waals surface area contributed by atoms with E-state index in [2.05, 4.69) is 16.8 Å². The number of rotatable bonds is 4. The van der Waals surface area contributed by atoms with E-state index in [9.17, 15) is 0 Å². The number of furan rings is 1. The molecule has 0 aromatic carbocycles. The topological polar surface area (TPSA) is 44.3 Å². The molecule has 1 aromatic rings. The monoisotopic (exact) mass is 276 g/mol. The lowest BCUT2D eigenvalue weighted by atomic mass is 9.94. The zero-order chi connectivity index (χ0) is 14.7. The molecule has 5 heteroatoms. The van der Waals surface area contributed by atoms with E-state index < -0.39 is 0 Å². The van der Waals surface area contributed by atoms with Crippen LogP contribution in [0.15, 0.2) is 33.0 Å². The Morgan fingerprint density at radius 2 is 2.15 bits per heavy atom. The van der Waals surface area contributed by atoms with E-state index in [1.165, 1.54) is 5.56 Å². The first-order chi connectivity index (χ1) is 9.54. The lowest BCUT2D eigenvalue weighted by Gasteiger charge is -2.35. The molecule has 5 nitrogen and oxygen atoms in total. The van der Waals surface area contributed by atoms with Gasteiger partial charge in [0, 0.05) is 32.6 Å². The van der Waals surface area contributed by atoms with Crippen LogP contribution in [0.4, 0.5) is 0 Å². The quantitative estimate of drug-likeness (QED) is 0.849. The van der Waals surface area contributed by atoms with Gasteiger partial charge >= 0.3 is 0 Å². The summed E-state index contributed by atoms with van der Waals surface area (Å²) in [6.45, 7) is 4.22. The van der Waals surface area contributed by atoms with Crippen molar-refractivity contribution in [1.29, 1.82) is 0 Å². The Morgan fingerprint density at radius 1 is 1.40 bits per heavy atom. The number of likely N-dealkylation sites (N-methyl/N-ethyl adjacent to an activating group) is 1. The number of guanidine groups is 1. The molecule has 0 amide bonds. The van der Waals surface area contributed by atoms with E-state index in [0.717, 1.165) is 24.6 Å². The molecule has 0 radical (unpaired) electrons. The van der Waals surface area contributed by atoms with Crippen LogP contribution in [0, 0.1) is 0 Å². The van der Waals surface area contributed by atoms with E-state index in [4.69, 9.17) is 9.41 Å². The number of hydrogen-bond donors (Lipinski definition) is 0. The Labute approximate surface area is 121 Å². The summed E-state index contributed by atoms with van der Waals surface area (Å²) in [4.78, 5) is 13.5. The Morgan fingerprint density at radius 3 is 2.70 bits per heavy atom. The summed E-state index contributed by atoms with van der Waals surface area (Å²) in [5, 5.41) is 0. The molecule has 0 saturated carbocycles. The van der Waals surface area contributed by atoms with Crippen molar-refractivity contribution in [2.24, 2.45) is 9.98 Å². The van der Waals surface area contributed by atoms with E-state index in [-0.39, 0.29) is 12.1 Å². The maximum atomic E-state index is 5.25. The fraction of sp³-hybridized carbons (Fsp3) is 0.600. The molecule has 20 heavy (non-hydrogen) atoms. The third kappa shape index (κ3) is 2.86. The van der Waals surface area contributed by atoms with E-state index in [1.807, 2.05) is 45.3 Å². The summed E-state index contributed by atoms with van der Waals surface area (Å²) >= 11 is 0. The molecule has 2 unspecified atom stereocenters. The first kappa shape index (κ1) is 14.6. The van der Waals surface area contributed by atoms with E-state index >= 15 is 0 Å². The van der Waals surface area contributed by atoms with Crippen LogP contribution in [0.5, 0.6) is 0 Å². The highest BCUT2D eigenvalue weighted by atomic mass is 16.3. The molecule has 0 N–H and O–H groups in total. The van der Waals surface area contributed by atoms with Gasteiger partial charge in [-0.2, -0.15) is 0 Å². The lowest BCUT2D eigenvalue weighted by molar-refractivity contribution is 0.487. The van der Waals surface area contributed by atoms with Crippen LogP contribution >= 0.6 is 0 Å². The number of aliphatic imine (C=N–C) groups is 2. The van der Waals surface area contributed by atoms with Crippen LogP contribution in [0.1, 0.15) is 38.2 Å². The van der Waals surface area contributed by atoms with Gasteiger partial charge in [0.15, 0.2) is 0 Å². The first-order valence-corrected chi connectivity index (χ1v) is 7.13. The second-order valence-corrected chi connectivity index (χ2v) is 5.40. The predicted octanol–water partition coefficient (Wildman–Crippen LogP) is 2.77. The maximum Gasteiger partial charge on any atom is 0.203 e. The van der Waals surface area contributed by atoms with E-state index in [1.54, 1.807) is 6.26 Å².